The largest absolute Gasteiger partial charge is 0.457 e. The molecule has 1 aromatic heterocycles. The molecule has 0 saturated carbocycles. The number of hydrogen-bond acceptors (Lipinski definition) is 5. The minimum Gasteiger partial charge on any atom is -0.457 e. The number of esters is 1. The van der Waals surface area contributed by atoms with E-state index in [2.05, 4.69) is 12.1 Å². The molecule has 4 nitrogen and oxygen atoms in total. The summed E-state index contributed by atoms with van der Waals surface area (Å²) in [6, 6.07) is 15.9. The smallest absolute Gasteiger partial charge is 0.340 e. The van der Waals surface area contributed by atoms with Crippen molar-refractivity contribution in [2.75, 3.05) is 6.79 Å². The Kier molecular flexibility index (Phi) is 2.90. The molecular weight excluding hydrogens is 324 g/mol. The highest BCUT2D eigenvalue weighted by Gasteiger charge is 2.32. The van der Waals surface area contributed by atoms with Crippen molar-refractivity contribution in [1.29, 1.82) is 0 Å². The summed E-state index contributed by atoms with van der Waals surface area (Å²) in [4.78, 5) is 14.3. The highest BCUT2D eigenvalue weighted by molar-refractivity contribution is 7.19. The van der Waals surface area contributed by atoms with E-state index in [1.54, 1.807) is 11.3 Å². The summed E-state index contributed by atoms with van der Waals surface area (Å²) in [7, 11) is 0. The molecule has 5 rings (SSSR count). The van der Waals surface area contributed by atoms with Crippen molar-refractivity contribution >= 4 is 17.3 Å². The van der Waals surface area contributed by atoms with E-state index in [-0.39, 0.29) is 12.8 Å². The maximum absolute atomic E-state index is 12.3. The van der Waals surface area contributed by atoms with Crippen LogP contribution < -0.4 is 9.47 Å². The Labute approximate surface area is 142 Å². The highest BCUT2D eigenvalue weighted by Crippen LogP contribution is 2.47. The van der Waals surface area contributed by atoms with Crippen molar-refractivity contribution in [3.8, 4) is 32.4 Å². The molecule has 0 amide bonds. The lowest BCUT2D eigenvalue weighted by Crippen LogP contribution is -1.94. The van der Waals surface area contributed by atoms with Crippen LogP contribution in [0.2, 0.25) is 0 Å². The molecule has 0 fully saturated rings. The fourth-order valence-electron chi connectivity index (χ4n) is 3.09. The van der Waals surface area contributed by atoms with Crippen molar-refractivity contribution in [2.24, 2.45) is 0 Å². The van der Waals surface area contributed by atoms with Gasteiger partial charge in [-0.2, -0.15) is 0 Å². The van der Waals surface area contributed by atoms with Crippen molar-refractivity contribution < 1.29 is 19.0 Å². The lowest BCUT2D eigenvalue weighted by atomic mass is 10.0. The van der Waals surface area contributed by atoms with Gasteiger partial charge in [0.15, 0.2) is 11.5 Å². The standard InChI is InChI=1S/C19H12O4S/c20-19-16-13(9-21-19)17(11-4-2-1-3-5-11)24-18(16)12-6-7-14-15(8-12)23-10-22-14/h1-8H,9-10H2. The van der Waals surface area contributed by atoms with Gasteiger partial charge >= 0.3 is 5.97 Å². The van der Waals surface area contributed by atoms with Crippen molar-refractivity contribution in [2.45, 2.75) is 6.61 Å². The van der Waals surface area contributed by atoms with E-state index in [4.69, 9.17) is 14.2 Å². The minimum absolute atomic E-state index is 0.235. The van der Waals surface area contributed by atoms with Crippen molar-refractivity contribution in [3.63, 3.8) is 0 Å². The first-order chi connectivity index (χ1) is 11.8. The first kappa shape index (κ1) is 13.6. The summed E-state index contributed by atoms with van der Waals surface area (Å²) in [5, 5.41) is 0. The Balaban J connectivity index is 1.71. The van der Waals surface area contributed by atoms with Crippen LogP contribution in [0.4, 0.5) is 0 Å². The first-order valence-corrected chi connectivity index (χ1v) is 8.41. The third-order valence-corrected chi connectivity index (χ3v) is 5.56. The topological polar surface area (TPSA) is 44.8 Å². The van der Waals surface area contributed by atoms with Crippen LogP contribution >= 0.6 is 11.3 Å². The molecule has 0 aliphatic carbocycles. The number of fused-ring (bicyclic) bond motifs is 2. The zero-order chi connectivity index (χ0) is 16.1. The summed E-state index contributed by atoms with van der Waals surface area (Å²) in [6.45, 7) is 0.568. The molecule has 0 atom stereocenters. The van der Waals surface area contributed by atoms with E-state index in [1.807, 2.05) is 36.4 Å². The maximum atomic E-state index is 12.3. The zero-order valence-electron chi connectivity index (χ0n) is 12.6. The molecule has 0 spiro atoms. The molecule has 118 valence electrons. The van der Waals surface area contributed by atoms with E-state index in [9.17, 15) is 4.79 Å². The summed E-state index contributed by atoms with van der Waals surface area (Å²) in [5.74, 6) is 1.19. The van der Waals surface area contributed by atoms with Crippen molar-refractivity contribution in [3.05, 3.63) is 59.7 Å². The second-order valence-electron chi connectivity index (χ2n) is 5.62. The van der Waals surface area contributed by atoms with Gasteiger partial charge in [0.2, 0.25) is 6.79 Å². The van der Waals surface area contributed by atoms with Gasteiger partial charge in [0, 0.05) is 15.3 Å². The van der Waals surface area contributed by atoms with Crippen LogP contribution in [0.1, 0.15) is 15.9 Å². The molecule has 2 aliphatic heterocycles. The molecule has 0 radical (unpaired) electrons. The van der Waals surface area contributed by atoms with Crippen LogP contribution in [-0.4, -0.2) is 12.8 Å². The second kappa shape index (κ2) is 5.11. The van der Waals surface area contributed by atoms with Gasteiger partial charge in [-0.25, -0.2) is 4.79 Å². The minimum atomic E-state index is -0.254. The fraction of sp³-hybridized carbons (Fsp3) is 0.105. The summed E-state index contributed by atoms with van der Waals surface area (Å²) in [6.07, 6.45) is 0. The van der Waals surface area contributed by atoms with E-state index in [0.29, 0.717) is 17.9 Å². The normalized spacial score (nSPS) is 14.6. The number of benzene rings is 2. The molecule has 5 heteroatoms. The second-order valence-corrected chi connectivity index (χ2v) is 6.64. The van der Waals surface area contributed by atoms with Crippen LogP contribution in [0.3, 0.4) is 0 Å². The molecule has 0 bridgehead atoms. The molecule has 0 saturated heterocycles. The monoisotopic (exact) mass is 336 g/mol. The van der Waals surface area contributed by atoms with Crippen LogP contribution in [-0.2, 0) is 11.3 Å². The predicted octanol–water partition coefficient (Wildman–Crippen LogP) is 4.48. The molecule has 0 N–H and O–H groups in total. The molecule has 2 aromatic carbocycles. The summed E-state index contributed by atoms with van der Waals surface area (Å²) in [5.41, 5.74) is 3.70. The summed E-state index contributed by atoms with van der Waals surface area (Å²) < 4.78 is 16.1. The zero-order valence-corrected chi connectivity index (χ0v) is 13.4. The lowest BCUT2D eigenvalue weighted by molar-refractivity contribution is 0.0536. The number of hydrogen-bond donors (Lipinski definition) is 0. The maximum Gasteiger partial charge on any atom is 0.340 e. The van der Waals surface area contributed by atoms with Gasteiger partial charge < -0.3 is 14.2 Å². The number of cyclic esters (lactones) is 1. The van der Waals surface area contributed by atoms with E-state index >= 15 is 0 Å². The Bertz CT molecular complexity index is 959. The van der Waals surface area contributed by atoms with Gasteiger partial charge in [0.1, 0.15) is 6.61 Å². The highest BCUT2D eigenvalue weighted by atomic mass is 32.1. The van der Waals surface area contributed by atoms with E-state index in [0.717, 1.165) is 32.2 Å². The van der Waals surface area contributed by atoms with Crippen LogP contribution in [0.5, 0.6) is 11.5 Å². The van der Waals surface area contributed by atoms with Gasteiger partial charge in [-0.1, -0.05) is 30.3 Å². The molecular formula is C19H12O4S. The lowest BCUT2D eigenvalue weighted by Gasteiger charge is -2.03. The summed E-state index contributed by atoms with van der Waals surface area (Å²) >= 11 is 1.62. The molecule has 0 unspecified atom stereocenters. The Morgan fingerprint density at radius 1 is 0.833 bits per heavy atom. The molecule has 2 aliphatic rings. The third-order valence-electron chi connectivity index (χ3n) is 4.23. The average molecular weight is 336 g/mol. The number of rotatable bonds is 2. The van der Waals surface area contributed by atoms with E-state index < -0.39 is 0 Å². The number of carbonyl (C=O) groups excluding carboxylic acids is 1. The van der Waals surface area contributed by atoms with Gasteiger partial charge in [-0.3, -0.25) is 0 Å². The van der Waals surface area contributed by atoms with Crippen LogP contribution in [0.15, 0.2) is 48.5 Å². The Morgan fingerprint density at radius 2 is 1.67 bits per heavy atom. The SMILES string of the molecule is O=C1OCc2c(-c3ccccc3)sc(-c3ccc4c(c3)OCO4)c21. The molecule has 24 heavy (non-hydrogen) atoms. The number of thiophene rings is 1. The van der Waals surface area contributed by atoms with Gasteiger partial charge in [-0.05, 0) is 29.3 Å². The molecule has 3 aromatic rings. The van der Waals surface area contributed by atoms with Crippen LogP contribution in [0, 0.1) is 0 Å². The van der Waals surface area contributed by atoms with Crippen molar-refractivity contribution in [1.82, 2.24) is 0 Å². The molecule has 3 heterocycles. The fourth-order valence-corrected chi connectivity index (χ4v) is 4.39. The van der Waals surface area contributed by atoms with Gasteiger partial charge in [0.25, 0.3) is 0 Å². The van der Waals surface area contributed by atoms with Crippen LogP contribution in [0.25, 0.3) is 20.9 Å². The third kappa shape index (κ3) is 1.95. The number of carbonyl (C=O) groups is 1. The number of ether oxygens (including phenoxy) is 3. The predicted molar refractivity (Wildman–Crippen MR) is 90.4 cm³/mol. The Hall–Kier alpha value is -2.79. The van der Waals surface area contributed by atoms with E-state index in [1.165, 1.54) is 0 Å². The quantitative estimate of drug-likeness (QED) is 0.647. The Morgan fingerprint density at radius 3 is 2.54 bits per heavy atom. The van der Waals surface area contributed by atoms with Gasteiger partial charge in [0.05, 0.1) is 5.56 Å². The van der Waals surface area contributed by atoms with Gasteiger partial charge in [-0.15, -0.1) is 11.3 Å². The average Bonchev–Trinajstić information content (AvgIpc) is 3.31. The first-order valence-electron chi connectivity index (χ1n) is 7.59.